The molecule has 142 valence electrons. The number of unbranched alkanes of at least 4 members (excludes halogenated alkanes) is 2. The highest BCUT2D eigenvalue weighted by atomic mass is 19.4. The molecular formula is C19H29F3N2O. The Morgan fingerprint density at radius 1 is 1.08 bits per heavy atom. The maximum atomic E-state index is 12.7. The molecule has 1 saturated heterocycles. The Labute approximate surface area is 148 Å². The Morgan fingerprint density at radius 2 is 1.76 bits per heavy atom. The molecule has 1 aliphatic heterocycles. The van der Waals surface area contributed by atoms with E-state index in [1.165, 1.54) is 25.3 Å². The zero-order valence-corrected chi connectivity index (χ0v) is 15.4. The van der Waals surface area contributed by atoms with Crippen LogP contribution in [0.4, 0.5) is 18.9 Å². The minimum absolute atomic E-state index is 0.0261. The Balaban J connectivity index is 2.04. The number of halogens is 3. The summed E-state index contributed by atoms with van der Waals surface area (Å²) < 4.78 is 42.4. The number of hydrogen-bond acceptors (Lipinski definition) is 3. The van der Waals surface area contributed by atoms with E-state index in [2.05, 4.69) is 21.5 Å². The average Bonchev–Trinajstić information content (AvgIpc) is 2.54. The van der Waals surface area contributed by atoms with E-state index >= 15 is 0 Å². The zero-order chi connectivity index (χ0) is 18.4. The molecule has 0 aromatic heterocycles. The Hall–Kier alpha value is -1.43. The third-order valence-corrected chi connectivity index (χ3v) is 4.66. The largest absolute Gasteiger partial charge is 0.573 e. The Kier molecular flexibility index (Phi) is 6.99. The Bertz CT molecular complexity index is 538. The van der Waals surface area contributed by atoms with E-state index in [9.17, 15) is 13.2 Å². The van der Waals surface area contributed by atoms with Crippen molar-refractivity contribution in [2.24, 2.45) is 0 Å². The van der Waals surface area contributed by atoms with Crippen LogP contribution in [0, 0.1) is 0 Å². The third kappa shape index (κ3) is 6.10. The lowest BCUT2D eigenvalue weighted by Gasteiger charge is -2.36. The van der Waals surface area contributed by atoms with Crippen LogP contribution in [0.15, 0.2) is 18.2 Å². The molecule has 1 fully saturated rings. The molecule has 6 heteroatoms. The lowest BCUT2D eigenvalue weighted by molar-refractivity contribution is -0.274. The molecule has 0 saturated carbocycles. The smallest absolute Gasteiger partial charge is 0.405 e. The molecule has 0 atom stereocenters. The van der Waals surface area contributed by atoms with E-state index < -0.39 is 6.36 Å². The number of anilines is 1. The van der Waals surface area contributed by atoms with Gasteiger partial charge in [-0.2, -0.15) is 0 Å². The number of nitrogens with zero attached hydrogens (tertiary/aromatic N) is 2. The first-order chi connectivity index (χ1) is 11.8. The lowest BCUT2D eigenvalue weighted by Crippen LogP contribution is -2.46. The maximum Gasteiger partial charge on any atom is 0.573 e. The third-order valence-electron chi connectivity index (χ3n) is 4.66. The van der Waals surface area contributed by atoms with E-state index in [0.717, 1.165) is 38.4 Å². The summed E-state index contributed by atoms with van der Waals surface area (Å²) in [6.45, 7) is 10.6. The molecule has 1 heterocycles. The van der Waals surface area contributed by atoms with Gasteiger partial charge in [0.1, 0.15) is 5.75 Å². The van der Waals surface area contributed by atoms with Crippen molar-refractivity contribution < 1.29 is 17.9 Å². The van der Waals surface area contributed by atoms with Gasteiger partial charge in [0.15, 0.2) is 0 Å². The standard InChI is InChI=1S/C19H29F3N2O/c1-4-5-6-9-23-10-12-24(13-11-23)16-7-8-17(15(2)3)18(14-16)25-19(20,21)22/h7-8,14-15H,4-6,9-13H2,1-3H3. The zero-order valence-electron chi connectivity index (χ0n) is 15.4. The molecular weight excluding hydrogens is 329 g/mol. The SMILES string of the molecule is CCCCCN1CCN(c2ccc(C(C)C)c(OC(F)(F)F)c2)CC1. The quantitative estimate of drug-likeness (QED) is 0.637. The number of hydrogen-bond donors (Lipinski definition) is 0. The highest BCUT2D eigenvalue weighted by molar-refractivity contribution is 5.55. The van der Waals surface area contributed by atoms with Gasteiger partial charge in [0.2, 0.25) is 0 Å². The van der Waals surface area contributed by atoms with Gasteiger partial charge in [-0.15, -0.1) is 13.2 Å². The van der Waals surface area contributed by atoms with Crippen LogP contribution >= 0.6 is 0 Å². The second-order valence-corrected chi connectivity index (χ2v) is 6.96. The van der Waals surface area contributed by atoms with Gasteiger partial charge in [0.25, 0.3) is 0 Å². The van der Waals surface area contributed by atoms with Crippen LogP contribution in [0.2, 0.25) is 0 Å². The van der Waals surface area contributed by atoms with Crippen molar-refractivity contribution in [3.05, 3.63) is 23.8 Å². The van der Waals surface area contributed by atoms with Crippen molar-refractivity contribution in [2.45, 2.75) is 52.3 Å². The fraction of sp³-hybridized carbons (Fsp3) is 0.684. The van der Waals surface area contributed by atoms with Crippen molar-refractivity contribution in [1.29, 1.82) is 0 Å². The average molecular weight is 358 g/mol. The predicted octanol–water partition coefficient (Wildman–Crippen LogP) is 5.02. The van der Waals surface area contributed by atoms with Crippen LogP contribution in [0.3, 0.4) is 0 Å². The molecule has 0 amide bonds. The molecule has 0 spiro atoms. The molecule has 0 radical (unpaired) electrons. The molecule has 2 rings (SSSR count). The summed E-state index contributed by atoms with van der Waals surface area (Å²) >= 11 is 0. The summed E-state index contributed by atoms with van der Waals surface area (Å²) in [6, 6.07) is 5.20. The van der Waals surface area contributed by atoms with Crippen molar-refractivity contribution in [2.75, 3.05) is 37.6 Å². The van der Waals surface area contributed by atoms with Crippen LogP contribution in [-0.2, 0) is 0 Å². The second kappa shape index (κ2) is 8.79. The highest BCUT2D eigenvalue weighted by Crippen LogP contribution is 2.34. The van der Waals surface area contributed by atoms with Crippen LogP contribution in [0.5, 0.6) is 5.75 Å². The number of alkyl halides is 3. The molecule has 25 heavy (non-hydrogen) atoms. The van der Waals surface area contributed by atoms with Crippen LogP contribution < -0.4 is 9.64 Å². The summed E-state index contributed by atoms with van der Waals surface area (Å²) in [5.41, 5.74) is 1.39. The molecule has 3 nitrogen and oxygen atoms in total. The van der Waals surface area contributed by atoms with Gasteiger partial charge in [-0.25, -0.2) is 0 Å². The molecule has 0 N–H and O–H groups in total. The molecule has 1 aliphatic rings. The number of benzene rings is 1. The van der Waals surface area contributed by atoms with E-state index in [4.69, 9.17) is 0 Å². The van der Waals surface area contributed by atoms with E-state index in [0.29, 0.717) is 5.56 Å². The summed E-state index contributed by atoms with van der Waals surface area (Å²) in [4.78, 5) is 4.57. The van der Waals surface area contributed by atoms with E-state index in [1.54, 1.807) is 6.07 Å². The van der Waals surface area contributed by atoms with E-state index in [-0.39, 0.29) is 11.7 Å². The van der Waals surface area contributed by atoms with Gasteiger partial charge in [-0.1, -0.05) is 39.7 Å². The fourth-order valence-electron chi connectivity index (χ4n) is 3.22. The highest BCUT2D eigenvalue weighted by Gasteiger charge is 2.32. The minimum Gasteiger partial charge on any atom is -0.405 e. The minimum atomic E-state index is -4.67. The number of piperazine rings is 1. The fourth-order valence-corrected chi connectivity index (χ4v) is 3.22. The molecule has 0 bridgehead atoms. The van der Waals surface area contributed by atoms with Gasteiger partial charge in [0, 0.05) is 37.9 Å². The van der Waals surface area contributed by atoms with Crippen molar-refractivity contribution in [1.82, 2.24) is 4.90 Å². The molecule has 1 aromatic carbocycles. The molecule has 0 aliphatic carbocycles. The first kappa shape index (κ1) is 19.9. The monoisotopic (exact) mass is 358 g/mol. The summed E-state index contributed by atoms with van der Waals surface area (Å²) in [5, 5.41) is 0. The topological polar surface area (TPSA) is 15.7 Å². The van der Waals surface area contributed by atoms with Crippen molar-refractivity contribution >= 4 is 5.69 Å². The summed E-state index contributed by atoms with van der Waals surface area (Å²) in [6.07, 6.45) is -0.997. The number of ether oxygens (including phenoxy) is 1. The van der Waals surface area contributed by atoms with Gasteiger partial charge in [-0.05, 0) is 30.5 Å². The van der Waals surface area contributed by atoms with Gasteiger partial charge >= 0.3 is 6.36 Å². The van der Waals surface area contributed by atoms with Crippen LogP contribution in [0.25, 0.3) is 0 Å². The normalized spacial score (nSPS) is 16.5. The van der Waals surface area contributed by atoms with Crippen molar-refractivity contribution in [3.8, 4) is 5.75 Å². The summed E-state index contributed by atoms with van der Waals surface area (Å²) in [7, 11) is 0. The summed E-state index contributed by atoms with van der Waals surface area (Å²) in [5.74, 6) is -0.104. The van der Waals surface area contributed by atoms with Gasteiger partial charge < -0.3 is 9.64 Å². The predicted molar refractivity (Wildman–Crippen MR) is 95.4 cm³/mol. The maximum absolute atomic E-state index is 12.7. The second-order valence-electron chi connectivity index (χ2n) is 6.96. The van der Waals surface area contributed by atoms with E-state index in [1.807, 2.05) is 19.9 Å². The van der Waals surface area contributed by atoms with Gasteiger partial charge in [0.05, 0.1) is 0 Å². The molecule has 0 unspecified atom stereocenters. The van der Waals surface area contributed by atoms with Crippen LogP contribution in [-0.4, -0.2) is 44.0 Å². The van der Waals surface area contributed by atoms with Crippen molar-refractivity contribution in [3.63, 3.8) is 0 Å². The first-order valence-corrected chi connectivity index (χ1v) is 9.17. The molecule has 1 aromatic rings. The Morgan fingerprint density at radius 3 is 2.32 bits per heavy atom. The van der Waals surface area contributed by atoms with Crippen LogP contribution in [0.1, 0.15) is 51.5 Å². The number of rotatable bonds is 7. The first-order valence-electron chi connectivity index (χ1n) is 9.17. The lowest BCUT2D eigenvalue weighted by atomic mass is 10.0. The van der Waals surface area contributed by atoms with Gasteiger partial charge in [-0.3, -0.25) is 4.90 Å².